The lowest BCUT2D eigenvalue weighted by atomic mass is 9.93. The van der Waals surface area contributed by atoms with Crippen molar-refractivity contribution in [3.05, 3.63) is 89.5 Å². The predicted molar refractivity (Wildman–Crippen MR) is 168 cm³/mol. The van der Waals surface area contributed by atoms with Crippen molar-refractivity contribution in [1.29, 1.82) is 0 Å². The van der Waals surface area contributed by atoms with E-state index in [1.54, 1.807) is 35.1 Å². The summed E-state index contributed by atoms with van der Waals surface area (Å²) in [7, 11) is 0. The number of rotatable bonds is 9. The second-order valence-electron chi connectivity index (χ2n) is 12.5. The van der Waals surface area contributed by atoms with Gasteiger partial charge in [-0.25, -0.2) is 28.4 Å². The van der Waals surface area contributed by atoms with Crippen LogP contribution in [-0.2, 0) is 32.8 Å². The van der Waals surface area contributed by atoms with E-state index in [-0.39, 0.29) is 23.7 Å². The summed E-state index contributed by atoms with van der Waals surface area (Å²) in [5, 5.41) is 5.29. The molecule has 0 saturated heterocycles. The number of amides is 2. The molecule has 1 aliphatic heterocycles. The molecule has 248 valence electrons. The number of nitrogens with two attached hydrogens (primary N) is 1. The summed E-state index contributed by atoms with van der Waals surface area (Å²) in [6.07, 6.45) is 7.10. The van der Waals surface area contributed by atoms with Crippen LogP contribution in [-0.4, -0.2) is 53.8 Å². The number of pyridine rings is 2. The molecule has 13 nitrogen and oxygen atoms in total. The molecule has 2 amide bonds. The summed E-state index contributed by atoms with van der Waals surface area (Å²) in [5.74, 6) is -2.53. The topological polar surface area (TPSA) is 168 Å². The number of aromatic nitrogens is 6. The minimum absolute atomic E-state index is 0.141. The molecule has 4 aromatic heterocycles. The number of primary amides is 1. The van der Waals surface area contributed by atoms with E-state index in [1.165, 1.54) is 17.2 Å². The SMILES string of the molecule is CC(=O)O[C@H]1Oc2cc(-c3c(C(N)=O)c(CC4CC4)nc4c3cnn4C3(c4ccc(F)cn4)CC3)ccc2N(Cc2ncc(F)cn2)C1=O. The lowest BCUT2D eigenvalue weighted by Crippen LogP contribution is -2.47. The quantitative estimate of drug-likeness (QED) is 0.227. The molecule has 5 heterocycles. The van der Waals surface area contributed by atoms with Crippen LogP contribution in [0.3, 0.4) is 0 Å². The first-order valence-corrected chi connectivity index (χ1v) is 15.7. The largest absolute Gasteiger partial charge is 0.444 e. The molecule has 8 rings (SSSR count). The summed E-state index contributed by atoms with van der Waals surface area (Å²) < 4.78 is 40.2. The standard InChI is InChI=1S/C34H28F2N8O5/c1-17(45)48-33-32(47)43(16-27-39-13-21(36)14-40-27)24-6-4-19(11-25(24)49-33)28-22-15-41-44(34(8-9-34)26-7-5-20(35)12-38-26)31(22)42-23(10-18-2-3-18)29(28)30(37)46/h4-7,11-15,18,33H,2-3,8-10,16H2,1H3,(H2,37,46)/t33-/m0/s1. The fraction of sp³-hybridized carbons (Fsp3) is 0.294. The Balaban J connectivity index is 1.29. The van der Waals surface area contributed by atoms with Gasteiger partial charge in [0.05, 0.1) is 54.0 Å². The normalized spacial score (nSPS) is 17.8. The van der Waals surface area contributed by atoms with Crippen LogP contribution in [0.25, 0.3) is 22.2 Å². The summed E-state index contributed by atoms with van der Waals surface area (Å²) in [6, 6.07) is 7.98. The number of nitrogens with zero attached hydrogens (tertiary/aromatic N) is 7. The highest BCUT2D eigenvalue weighted by Crippen LogP contribution is 2.50. The molecule has 3 aliphatic rings. The Labute approximate surface area is 277 Å². The lowest BCUT2D eigenvalue weighted by molar-refractivity contribution is -0.170. The van der Waals surface area contributed by atoms with Gasteiger partial charge < -0.3 is 15.2 Å². The Morgan fingerprint density at radius 2 is 1.80 bits per heavy atom. The van der Waals surface area contributed by atoms with Crippen LogP contribution in [0.1, 0.15) is 60.2 Å². The fourth-order valence-electron chi connectivity index (χ4n) is 6.41. The van der Waals surface area contributed by atoms with Crippen LogP contribution in [0.2, 0.25) is 0 Å². The number of carbonyl (C=O) groups excluding carboxylic acids is 3. The van der Waals surface area contributed by atoms with Crippen molar-refractivity contribution >= 4 is 34.5 Å². The van der Waals surface area contributed by atoms with Gasteiger partial charge in [0.2, 0.25) is 0 Å². The molecule has 2 N–H and O–H groups in total. The molecule has 1 atom stereocenters. The van der Waals surface area contributed by atoms with Crippen LogP contribution in [0.4, 0.5) is 14.5 Å². The summed E-state index contributed by atoms with van der Waals surface area (Å²) in [5.41, 5.74) is 8.66. The third-order valence-electron chi connectivity index (χ3n) is 9.04. The van der Waals surface area contributed by atoms with Gasteiger partial charge in [0.1, 0.15) is 22.9 Å². The zero-order valence-electron chi connectivity index (χ0n) is 26.1. The zero-order valence-corrected chi connectivity index (χ0v) is 26.1. The molecule has 0 radical (unpaired) electrons. The summed E-state index contributed by atoms with van der Waals surface area (Å²) in [4.78, 5) is 57.2. The maximum Gasteiger partial charge on any atom is 0.324 e. The Kier molecular flexibility index (Phi) is 7.08. The minimum Gasteiger partial charge on any atom is -0.444 e. The smallest absolute Gasteiger partial charge is 0.324 e. The van der Waals surface area contributed by atoms with Gasteiger partial charge >= 0.3 is 18.2 Å². The highest BCUT2D eigenvalue weighted by Gasteiger charge is 2.50. The average Bonchev–Trinajstić information content (AvgIpc) is 4.01. The number of fused-ring (bicyclic) bond motifs is 2. The van der Waals surface area contributed by atoms with Crippen molar-refractivity contribution in [2.45, 2.75) is 57.4 Å². The Bertz CT molecular complexity index is 2160. The number of esters is 1. The third-order valence-corrected chi connectivity index (χ3v) is 9.04. The van der Waals surface area contributed by atoms with Crippen LogP contribution in [0.5, 0.6) is 5.75 Å². The van der Waals surface area contributed by atoms with Gasteiger partial charge in [-0.05, 0) is 67.9 Å². The van der Waals surface area contributed by atoms with Gasteiger partial charge in [-0.2, -0.15) is 5.10 Å². The number of halogens is 2. The molecule has 1 aromatic carbocycles. The van der Waals surface area contributed by atoms with E-state index in [2.05, 4.69) is 15.0 Å². The number of ether oxygens (including phenoxy) is 2. The van der Waals surface area contributed by atoms with E-state index < -0.39 is 41.2 Å². The zero-order chi connectivity index (χ0) is 34.0. The molecular weight excluding hydrogens is 638 g/mol. The van der Waals surface area contributed by atoms with E-state index in [4.69, 9.17) is 25.3 Å². The summed E-state index contributed by atoms with van der Waals surface area (Å²) in [6.45, 7) is 0.979. The third kappa shape index (κ3) is 5.40. The number of carbonyl (C=O) groups is 3. The molecule has 0 spiro atoms. The fourth-order valence-corrected chi connectivity index (χ4v) is 6.41. The van der Waals surface area contributed by atoms with E-state index >= 15 is 0 Å². The first-order chi connectivity index (χ1) is 23.6. The molecule has 0 bridgehead atoms. The van der Waals surface area contributed by atoms with E-state index in [0.717, 1.165) is 32.2 Å². The second kappa shape index (κ2) is 11.4. The van der Waals surface area contributed by atoms with Gasteiger partial charge in [0.25, 0.3) is 5.91 Å². The van der Waals surface area contributed by atoms with E-state index in [1.807, 2.05) is 0 Å². The molecule has 2 fully saturated rings. The first kappa shape index (κ1) is 30.5. The number of benzene rings is 1. The number of anilines is 1. The van der Waals surface area contributed by atoms with Crippen LogP contribution in [0, 0.1) is 17.6 Å². The molecule has 15 heteroatoms. The average molecular weight is 667 g/mol. The van der Waals surface area contributed by atoms with Crippen molar-refractivity contribution in [3.63, 3.8) is 0 Å². The van der Waals surface area contributed by atoms with Crippen LogP contribution >= 0.6 is 0 Å². The van der Waals surface area contributed by atoms with Crippen molar-refractivity contribution in [1.82, 2.24) is 29.7 Å². The van der Waals surface area contributed by atoms with E-state index in [0.29, 0.717) is 64.4 Å². The van der Waals surface area contributed by atoms with Crippen LogP contribution in [0.15, 0.2) is 55.1 Å². The highest BCUT2D eigenvalue weighted by molar-refractivity contribution is 6.09. The van der Waals surface area contributed by atoms with Gasteiger partial charge in [-0.15, -0.1) is 0 Å². The highest BCUT2D eigenvalue weighted by atomic mass is 19.1. The molecule has 0 unspecified atom stereocenters. The molecule has 2 aliphatic carbocycles. The molecule has 2 saturated carbocycles. The maximum absolute atomic E-state index is 13.8. The monoisotopic (exact) mass is 666 g/mol. The molecular formula is C34H28F2N8O5. The lowest BCUT2D eigenvalue weighted by Gasteiger charge is -2.33. The predicted octanol–water partition coefficient (Wildman–Crippen LogP) is 3.97. The summed E-state index contributed by atoms with van der Waals surface area (Å²) >= 11 is 0. The Morgan fingerprint density at radius 1 is 1.04 bits per heavy atom. The van der Waals surface area contributed by atoms with Crippen molar-refractivity contribution < 1.29 is 32.6 Å². The maximum atomic E-state index is 13.8. The Hall–Kier alpha value is -5.86. The molecule has 49 heavy (non-hydrogen) atoms. The van der Waals surface area contributed by atoms with Crippen molar-refractivity contribution in [3.8, 4) is 16.9 Å². The van der Waals surface area contributed by atoms with Crippen LogP contribution < -0.4 is 15.4 Å². The van der Waals surface area contributed by atoms with E-state index in [9.17, 15) is 23.2 Å². The van der Waals surface area contributed by atoms with Gasteiger partial charge in [-0.3, -0.25) is 24.3 Å². The number of hydrogen-bond acceptors (Lipinski definition) is 10. The minimum atomic E-state index is -1.63. The van der Waals surface area contributed by atoms with Gasteiger partial charge in [-0.1, -0.05) is 6.07 Å². The first-order valence-electron chi connectivity index (χ1n) is 15.7. The number of hydrogen-bond donors (Lipinski definition) is 1. The van der Waals surface area contributed by atoms with Crippen molar-refractivity contribution in [2.75, 3.05) is 4.90 Å². The Morgan fingerprint density at radius 3 is 2.45 bits per heavy atom. The van der Waals surface area contributed by atoms with Gasteiger partial charge in [0.15, 0.2) is 11.5 Å². The van der Waals surface area contributed by atoms with Gasteiger partial charge in [0, 0.05) is 17.9 Å². The molecule has 5 aromatic rings. The second-order valence-corrected chi connectivity index (χ2v) is 12.5. The van der Waals surface area contributed by atoms with Crippen molar-refractivity contribution in [2.24, 2.45) is 11.7 Å².